The molecule has 1 atom stereocenters. The SMILES string of the molecule is O=C(NC1CCN(Cc2cccnc2)CC1)N1CCN2C(=O)OC[C@@H]2C1. The summed E-state index contributed by atoms with van der Waals surface area (Å²) in [7, 11) is 0. The molecule has 3 aliphatic heterocycles. The maximum absolute atomic E-state index is 12.6. The highest BCUT2D eigenvalue weighted by atomic mass is 16.6. The van der Waals surface area contributed by atoms with E-state index in [1.807, 2.05) is 17.2 Å². The van der Waals surface area contributed by atoms with Crippen LogP contribution in [0, 0.1) is 0 Å². The van der Waals surface area contributed by atoms with Crippen molar-refractivity contribution in [1.82, 2.24) is 25.0 Å². The number of amides is 3. The molecule has 8 nitrogen and oxygen atoms in total. The zero-order valence-corrected chi connectivity index (χ0v) is 14.8. The van der Waals surface area contributed by atoms with E-state index in [4.69, 9.17) is 4.74 Å². The Kier molecular flexibility index (Phi) is 4.92. The van der Waals surface area contributed by atoms with Crippen LogP contribution in [0.5, 0.6) is 0 Å². The Hall–Kier alpha value is -2.35. The summed E-state index contributed by atoms with van der Waals surface area (Å²) in [5.74, 6) is 0. The number of fused-ring (bicyclic) bond motifs is 1. The third-order valence-electron chi connectivity index (χ3n) is 5.45. The molecule has 0 saturated carbocycles. The Balaban J connectivity index is 1.22. The fraction of sp³-hybridized carbons (Fsp3) is 0.611. The van der Waals surface area contributed by atoms with Gasteiger partial charge in [0.25, 0.3) is 0 Å². The smallest absolute Gasteiger partial charge is 0.410 e. The minimum Gasteiger partial charge on any atom is -0.447 e. The molecule has 3 fully saturated rings. The van der Waals surface area contributed by atoms with E-state index < -0.39 is 0 Å². The van der Waals surface area contributed by atoms with Gasteiger partial charge in [-0.15, -0.1) is 0 Å². The van der Waals surface area contributed by atoms with Crippen LogP contribution in [0.4, 0.5) is 9.59 Å². The number of pyridine rings is 1. The molecule has 1 aromatic heterocycles. The van der Waals surface area contributed by atoms with Crippen molar-refractivity contribution in [2.45, 2.75) is 31.5 Å². The minimum atomic E-state index is -0.254. The average molecular weight is 359 g/mol. The lowest BCUT2D eigenvalue weighted by molar-refractivity contribution is 0.121. The molecule has 3 aliphatic rings. The molecule has 3 saturated heterocycles. The summed E-state index contributed by atoms with van der Waals surface area (Å²) < 4.78 is 5.06. The van der Waals surface area contributed by atoms with Crippen LogP contribution in [0.25, 0.3) is 0 Å². The van der Waals surface area contributed by atoms with Gasteiger partial charge in [-0.1, -0.05) is 6.07 Å². The van der Waals surface area contributed by atoms with Gasteiger partial charge in [0.15, 0.2) is 0 Å². The molecule has 8 heteroatoms. The number of nitrogens with zero attached hydrogens (tertiary/aromatic N) is 4. The van der Waals surface area contributed by atoms with Crippen LogP contribution in [-0.4, -0.2) is 83.2 Å². The lowest BCUT2D eigenvalue weighted by Crippen LogP contribution is -2.57. The summed E-state index contributed by atoms with van der Waals surface area (Å²) in [6.07, 6.45) is 5.36. The third-order valence-corrected chi connectivity index (χ3v) is 5.45. The Labute approximate surface area is 153 Å². The largest absolute Gasteiger partial charge is 0.447 e. The van der Waals surface area contributed by atoms with Gasteiger partial charge in [-0.2, -0.15) is 0 Å². The van der Waals surface area contributed by atoms with E-state index >= 15 is 0 Å². The second kappa shape index (κ2) is 7.49. The molecule has 0 unspecified atom stereocenters. The molecular weight excluding hydrogens is 334 g/mol. The number of carbonyl (C=O) groups excluding carboxylic acids is 2. The molecule has 0 bridgehead atoms. The van der Waals surface area contributed by atoms with Crippen molar-refractivity contribution in [2.75, 3.05) is 39.3 Å². The van der Waals surface area contributed by atoms with Gasteiger partial charge in [0.1, 0.15) is 6.61 Å². The van der Waals surface area contributed by atoms with Crippen molar-refractivity contribution in [2.24, 2.45) is 0 Å². The first-order valence-corrected chi connectivity index (χ1v) is 9.29. The van der Waals surface area contributed by atoms with Gasteiger partial charge in [0, 0.05) is 57.7 Å². The molecular formula is C18H25N5O3. The molecule has 3 amide bonds. The number of ether oxygens (including phenoxy) is 1. The zero-order valence-electron chi connectivity index (χ0n) is 14.8. The fourth-order valence-corrected chi connectivity index (χ4v) is 3.92. The van der Waals surface area contributed by atoms with Crippen LogP contribution < -0.4 is 5.32 Å². The van der Waals surface area contributed by atoms with Crippen LogP contribution in [-0.2, 0) is 11.3 Å². The van der Waals surface area contributed by atoms with Crippen LogP contribution in [0.1, 0.15) is 18.4 Å². The number of piperidine rings is 1. The fourth-order valence-electron chi connectivity index (χ4n) is 3.92. The highest BCUT2D eigenvalue weighted by Crippen LogP contribution is 2.19. The molecule has 140 valence electrons. The number of hydrogen-bond donors (Lipinski definition) is 1. The van der Waals surface area contributed by atoms with Crippen molar-refractivity contribution in [3.8, 4) is 0 Å². The van der Waals surface area contributed by atoms with Crippen molar-refractivity contribution in [1.29, 1.82) is 0 Å². The first-order valence-electron chi connectivity index (χ1n) is 9.29. The number of cyclic esters (lactones) is 1. The molecule has 0 aliphatic carbocycles. The molecule has 26 heavy (non-hydrogen) atoms. The van der Waals surface area contributed by atoms with Gasteiger partial charge in [-0.25, -0.2) is 9.59 Å². The summed E-state index contributed by atoms with van der Waals surface area (Å²) >= 11 is 0. The van der Waals surface area contributed by atoms with Crippen LogP contribution >= 0.6 is 0 Å². The molecule has 0 spiro atoms. The van der Waals surface area contributed by atoms with Crippen molar-refractivity contribution in [3.63, 3.8) is 0 Å². The second-order valence-corrected chi connectivity index (χ2v) is 7.23. The number of nitrogens with one attached hydrogen (secondary N) is 1. The minimum absolute atomic E-state index is 0.00308. The summed E-state index contributed by atoms with van der Waals surface area (Å²) in [5, 5.41) is 3.17. The van der Waals surface area contributed by atoms with Gasteiger partial charge >= 0.3 is 12.1 Å². The molecule has 4 heterocycles. The Morgan fingerprint density at radius 1 is 1.27 bits per heavy atom. The van der Waals surface area contributed by atoms with E-state index in [1.165, 1.54) is 5.56 Å². The topological polar surface area (TPSA) is 78.0 Å². The number of hydrogen-bond acceptors (Lipinski definition) is 5. The molecule has 1 aromatic rings. The predicted molar refractivity (Wildman–Crippen MR) is 94.5 cm³/mol. The van der Waals surface area contributed by atoms with Crippen LogP contribution in [0.3, 0.4) is 0 Å². The number of piperazine rings is 1. The second-order valence-electron chi connectivity index (χ2n) is 7.23. The lowest BCUT2D eigenvalue weighted by Gasteiger charge is -2.37. The average Bonchev–Trinajstić information content (AvgIpc) is 3.04. The van der Waals surface area contributed by atoms with Crippen LogP contribution in [0.2, 0.25) is 0 Å². The van der Waals surface area contributed by atoms with E-state index in [2.05, 4.69) is 21.3 Å². The summed E-state index contributed by atoms with van der Waals surface area (Å²) in [6.45, 7) is 4.91. The van der Waals surface area contributed by atoms with Crippen molar-refractivity contribution >= 4 is 12.1 Å². The van der Waals surface area contributed by atoms with Crippen molar-refractivity contribution in [3.05, 3.63) is 30.1 Å². The highest BCUT2D eigenvalue weighted by molar-refractivity contribution is 5.76. The zero-order chi connectivity index (χ0) is 17.9. The Bertz CT molecular complexity index is 647. The monoisotopic (exact) mass is 359 g/mol. The van der Waals surface area contributed by atoms with E-state index in [1.54, 1.807) is 11.1 Å². The molecule has 0 aromatic carbocycles. The molecule has 0 radical (unpaired) electrons. The quantitative estimate of drug-likeness (QED) is 0.867. The van der Waals surface area contributed by atoms with E-state index in [-0.39, 0.29) is 24.2 Å². The number of likely N-dealkylation sites (tertiary alicyclic amines) is 1. The van der Waals surface area contributed by atoms with E-state index in [0.29, 0.717) is 26.2 Å². The van der Waals surface area contributed by atoms with Gasteiger partial charge in [0.05, 0.1) is 6.04 Å². The highest BCUT2D eigenvalue weighted by Gasteiger charge is 2.39. The Morgan fingerprint density at radius 3 is 2.88 bits per heavy atom. The van der Waals surface area contributed by atoms with E-state index in [9.17, 15) is 9.59 Å². The van der Waals surface area contributed by atoms with E-state index in [0.717, 1.165) is 32.5 Å². The normalized spacial score (nSPS) is 24.3. The van der Waals surface area contributed by atoms with Gasteiger partial charge in [0.2, 0.25) is 0 Å². The summed E-state index contributed by atoms with van der Waals surface area (Å²) in [5.41, 5.74) is 1.22. The van der Waals surface area contributed by atoms with Gasteiger partial charge < -0.3 is 15.0 Å². The lowest BCUT2D eigenvalue weighted by atomic mass is 10.0. The number of urea groups is 1. The summed E-state index contributed by atoms with van der Waals surface area (Å²) in [4.78, 5) is 34.2. The maximum atomic E-state index is 12.6. The number of aromatic nitrogens is 1. The standard InChI is InChI=1S/C18H25N5O3/c24-17(22-8-9-23-16(12-22)13-26-18(23)25)20-15-3-6-21(7-4-15)11-14-2-1-5-19-10-14/h1-2,5,10,15-16H,3-4,6-9,11-13H2,(H,20,24)/t16-/m0/s1. The molecule has 1 N–H and O–H groups in total. The van der Waals surface area contributed by atoms with Crippen LogP contribution in [0.15, 0.2) is 24.5 Å². The third kappa shape index (κ3) is 3.75. The predicted octanol–water partition coefficient (Wildman–Crippen LogP) is 0.892. The number of carbonyl (C=O) groups is 2. The number of rotatable bonds is 3. The molecule has 4 rings (SSSR count). The maximum Gasteiger partial charge on any atom is 0.410 e. The first kappa shape index (κ1) is 17.1. The van der Waals surface area contributed by atoms with Gasteiger partial charge in [-0.3, -0.25) is 14.8 Å². The summed E-state index contributed by atoms with van der Waals surface area (Å²) in [6, 6.07) is 4.26. The van der Waals surface area contributed by atoms with Crippen molar-refractivity contribution < 1.29 is 14.3 Å². The van der Waals surface area contributed by atoms with Gasteiger partial charge in [-0.05, 0) is 24.5 Å². The Morgan fingerprint density at radius 2 is 2.12 bits per heavy atom. The first-order chi connectivity index (χ1) is 12.7.